The largest absolute Gasteiger partial charge is 0.497 e. The lowest BCUT2D eigenvalue weighted by Crippen LogP contribution is -2.31. The molecule has 1 amide bonds. The number of hydrogen-bond acceptors (Lipinski definition) is 4. The number of aryl methyl sites for hydroxylation is 1. The molecule has 1 fully saturated rings. The normalized spacial score (nSPS) is 18.1. The van der Waals surface area contributed by atoms with Gasteiger partial charge in [0.1, 0.15) is 11.3 Å². The first kappa shape index (κ1) is 13.9. The number of carbonyl (C=O) groups is 1. The van der Waals surface area contributed by atoms with E-state index in [0.717, 1.165) is 36.1 Å². The van der Waals surface area contributed by atoms with Crippen molar-refractivity contribution in [2.45, 2.75) is 25.9 Å². The maximum absolute atomic E-state index is 12.3. The van der Waals surface area contributed by atoms with Crippen LogP contribution in [0.4, 0.5) is 0 Å². The molecule has 0 saturated carbocycles. The lowest BCUT2D eigenvalue weighted by Gasteiger charge is -2.09. The van der Waals surface area contributed by atoms with E-state index in [9.17, 15) is 4.79 Å². The van der Waals surface area contributed by atoms with Crippen LogP contribution in [0.25, 0.3) is 11.0 Å². The number of furan rings is 1. The van der Waals surface area contributed by atoms with Crippen molar-refractivity contribution in [2.24, 2.45) is 0 Å². The number of carbonyl (C=O) groups excluding carboxylic acids is 1. The minimum Gasteiger partial charge on any atom is -0.497 e. The van der Waals surface area contributed by atoms with Crippen LogP contribution in [0.1, 0.15) is 29.0 Å². The van der Waals surface area contributed by atoms with Crippen molar-refractivity contribution < 1.29 is 18.7 Å². The van der Waals surface area contributed by atoms with Crippen LogP contribution in [-0.2, 0) is 4.74 Å². The zero-order valence-corrected chi connectivity index (χ0v) is 12.3. The van der Waals surface area contributed by atoms with Crippen LogP contribution < -0.4 is 10.1 Å². The predicted octanol–water partition coefficient (Wildman–Crippen LogP) is 2.66. The Morgan fingerprint density at radius 1 is 1.48 bits per heavy atom. The summed E-state index contributed by atoms with van der Waals surface area (Å²) in [5.74, 6) is 0.909. The van der Waals surface area contributed by atoms with Crippen molar-refractivity contribution in [2.75, 3.05) is 20.3 Å². The Balaban J connectivity index is 1.79. The van der Waals surface area contributed by atoms with Gasteiger partial charge in [-0.2, -0.15) is 0 Å². The standard InChI is InChI=1S/C16H19NO4/c1-10-13-8-11(19-2)5-6-14(13)21-15(10)16(18)17-9-12-4-3-7-20-12/h5-6,8,12H,3-4,7,9H2,1-2H3,(H,17,18)/t12-/m1/s1. The van der Waals surface area contributed by atoms with Gasteiger partial charge in [-0.05, 0) is 38.0 Å². The van der Waals surface area contributed by atoms with E-state index in [1.54, 1.807) is 7.11 Å². The minimum atomic E-state index is -0.196. The fourth-order valence-corrected chi connectivity index (χ4v) is 2.64. The van der Waals surface area contributed by atoms with Crippen LogP contribution >= 0.6 is 0 Å². The molecule has 0 unspecified atom stereocenters. The van der Waals surface area contributed by atoms with E-state index < -0.39 is 0 Å². The molecule has 5 nitrogen and oxygen atoms in total. The molecule has 1 aliphatic heterocycles. The third kappa shape index (κ3) is 2.74. The number of methoxy groups -OCH3 is 1. The maximum atomic E-state index is 12.3. The minimum absolute atomic E-state index is 0.124. The summed E-state index contributed by atoms with van der Waals surface area (Å²) in [4.78, 5) is 12.3. The molecule has 21 heavy (non-hydrogen) atoms. The number of amides is 1. The van der Waals surface area contributed by atoms with Crippen LogP contribution in [-0.4, -0.2) is 32.3 Å². The number of fused-ring (bicyclic) bond motifs is 1. The van der Waals surface area contributed by atoms with Gasteiger partial charge in [0.25, 0.3) is 5.91 Å². The summed E-state index contributed by atoms with van der Waals surface area (Å²) < 4.78 is 16.4. The van der Waals surface area contributed by atoms with E-state index in [-0.39, 0.29) is 12.0 Å². The molecule has 1 aromatic heterocycles. The Morgan fingerprint density at radius 3 is 3.05 bits per heavy atom. The van der Waals surface area contributed by atoms with E-state index in [2.05, 4.69) is 5.32 Å². The molecule has 1 aromatic carbocycles. The summed E-state index contributed by atoms with van der Waals surface area (Å²) >= 11 is 0. The second kappa shape index (κ2) is 5.77. The van der Waals surface area contributed by atoms with Crippen molar-refractivity contribution in [1.82, 2.24) is 5.32 Å². The molecule has 2 aromatic rings. The van der Waals surface area contributed by atoms with Gasteiger partial charge in [0.05, 0.1) is 13.2 Å². The van der Waals surface area contributed by atoms with Crippen molar-refractivity contribution in [3.05, 3.63) is 29.5 Å². The lowest BCUT2D eigenvalue weighted by molar-refractivity contribution is 0.0836. The summed E-state index contributed by atoms with van der Waals surface area (Å²) in [7, 11) is 1.62. The number of rotatable bonds is 4. The van der Waals surface area contributed by atoms with Gasteiger partial charge in [0, 0.05) is 24.1 Å². The molecule has 112 valence electrons. The summed E-state index contributed by atoms with van der Waals surface area (Å²) in [5.41, 5.74) is 1.52. The first-order valence-corrected chi connectivity index (χ1v) is 7.16. The number of hydrogen-bond donors (Lipinski definition) is 1. The van der Waals surface area contributed by atoms with Crippen LogP contribution in [0.2, 0.25) is 0 Å². The molecule has 0 spiro atoms. The van der Waals surface area contributed by atoms with Crippen LogP contribution in [0.3, 0.4) is 0 Å². The van der Waals surface area contributed by atoms with Crippen molar-refractivity contribution in [3.63, 3.8) is 0 Å². The number of nitrogens with one attached hydrogen (secondary N) is 1. The molecular weight excluding hydrogens is 270 g/mol. The van der Waals surface area contributed by atoms with Crippen molar-refractivity contribution in [1.29, 1.82) is 0 Å². The van der Waals surface area contributed by atoms with Gasteiger partial charge in [-0.15, -0.1) is 0 Å². The number of ether oxygens (including phenoxy) is 2. The third-order valence-corrected chi connectivity index (χ3v) is 3.86. The van der Waals surface area contributed by atoms with Crippen molar-refractivity contribution in [3.8, 4) is 5.75 Å². The Kier molecular flexibility index (Phi) is 3.84. The molecular formula is C16H19NO4. The molecule has 1 saturated heterocycles. The summed E-state index contributed by atoms with van der Waals surface area (Å²) in [6.07, 6.45) is 2.18. The van der Waals surface area contributed by atoms with Gasteiger partial charge >= 0.3 is 0 Å². The summed E-state index contributed by atoms with van der Waals surface area (Å²) in [6.45, 7) is 3.19. The molecule has 0 aliphatic carbocycles. The molecule has 1 atom stereocenters. The molecule has 1 N–H and O–H groups in total. The predicted molar refractivity (Wildman–Crippen MR) is 78.8 cm³/mol. The van der Waals surface area contributed by atoms with Gasteiger partial charge in [-0.1, -0.05) is 0 Å². The SMILES string of the molecule is COc1ccc2oc(C(=O)NC[C@H]3CCCO3)c(C)c2c1. The van der Waals surface area contributed by atoms with Crippen LogP contribution in [0.5, 0.6) is 5.75 Å². The quantitative estimate of drug-likeness (QED) is 0.940. The molecule has 5 heteroatoms. The molecule has 2 heterocycles. The fraction of sp³-hybridized carbons (Fsp3) is 0.438. The van der Waals surface area contributed by atoms with Gasteiger partial charge in [-0.3, -0.25) is 4.79 Å². The van der Waals surface area contributed by atoms with Gasteiger partial charge in [0.15, 0.2) is 5.76 Å². The second-order valence-corrected chi connectivity index (χ2v) is 5.26. The molecule has 0 radical (unpaired) electrons. The highest BCUT2D eigenvalue weighted by atomic mass is 16.5. The highest BCUT2D eigenvalue weighted by Crippen LogP contribution is 2.28. The van der Waals surface area contributed by atoms with E-state index in [1.165, 1.54) is 0 Å². The highest BCUT2D eigenvalue weighted by Gasteiger charge is 2.21. The second-order valence-electron chi connectivity index (χ2n) is 5.26. The maximum Gasteiger partial charge on any atom is 0.287 e. The average Bonchev–Trinajstić information content (AvgIpc) is 3.13. The molecule has 1 aliphatic rings. The zero-order valence-electron chi connectivity index (χ0n) is 12.3. The Hall–Kier alpha value is -2.01. The third-order valence-electron chi connectivity index (χ3n) is 3.86. The molecule has 0 bridgehead atoms. The Morgan fingerprint density at radius 2 is 2.33 bits per heavy atom. The average molecular weight is 289 g/mol. The fourth-order valence-electron chi connectivity index (χ4n) is 2.64. The van der Waals surface area contributed by atoms with Gasteiger partial charge < -0.3 is 19.2 Å². The van der Waals surface area contributed by atoms with E-state index in [4.69, 9.17) is 13.9 Å². The smallest absolute Gasteiger partial charge is 0.287 e. The first-order chi connectivity index (χ1) is 10.2. The Labute approximate surface area is 123 Å². The lowest BCUT2D eigenvalue weighted by atomic mass is 10.1. The summed E-state index contributed by atoms with van der Waals surface area (Å²) in [6, 6.07) is 5.52. The van der Waals surface area contributed by atoms with Crippen molar-refractivity contribution >= 4 is 16.9 Å². The molecule has 3 rings (SSSR count). The van der Waals surface area contributed by atoms with E-state index in [0.29, 0.717) is 17.9 Å². The Bertz CT molecular complexity index is 656. The topological polar surface area (TPSA) is 60.7 Å². The van der Waals surface area contributed by atoms with E-state index in [1.807, 2.05) is 25.1 Å². The van der Waals surface area contributed by atoms with Crippen LogP contribution in [0.15, 0.2) is 22.6 Å². The number of benzene rings is 1. The zero-order chi connectivity index (χ0) is 14.8. The van der Waals surface area contributed by atoms with Gasteiger partial charge in [-0.25, -0.2) is 0 Å². The van der Waals surface area contributed by atoms with Gasteiger partial charge in [0.2, 0.25) is 0 Å². The van der Waals surface area contributed by atoms with Crippen LogP contribution in [0, 0.1) is 6.92 Å². The monoisotopic (exact) mass is 289 g/mol. The first-order valence-electron chi connectivity index (χ1n) is 7.16. The summed E-state index contributed by atoms with van der Waals surface area (Å²) in [5, 5.41) is 3.78. The highest BCUT2D eigenvalue weighted by molar-refractivity contribution is 5.99. The van der Waals surface area contributed by atoms with E-state index >= 15 is 0 Å².